The van der Waals surface area contributed by atoms with Crippen molar-refractivity contribution in [2.24, 2.45) is 0 Å². The lowest BCUT2D eigenvalue weighted by Gasteiger charge is -2.13. The van der Waals surface area contributed by atoms with E-state index in [1.54, 1.807) is 30.3 Å². The van der Waals surface area contributed by atoms with Gasteiger partial charge in [0.2, 0.25) is 0 Å². The summed E-state index contributed by atoms with van der Waals surface area (Å²) in [7, 11) is 3.43. The number of carbonyl (C=O) groups excluding carboxylic acids is 1. The first kappa shape index (κ1) is 24.3. The molecule has 3 rings (SSSR count). The average Bonchev–Trinajstić information content (AvgIpc) is 2.76. The molecule has 0 saturated carbocycles. The van der Waals surface area contributed by atoms with Crippen molar-refractivity contribution >= 4 is 57.9 Å². The standard InChI is InChI=1S/C23H22BN3O4S2/c1-14-4-10-20(15(2)12-14)27-33(29,30)18-8-6-17(7-9-18)25-23(32)26-22(28)19-13-16(24)5-11-21(19)31-3/h4-13,27H,1-3H3,(H2,25,26,28,32). The second-order valence-corrected chi connectivity index (χ2v) is 9.41. The minimum atomic E-state index is -3.77. The van der Waals surface area contributed by atoms with Crippen LogP contribution in [0.15, 0.2) is 65.6 Å². The van der Waals surface area contributed by atoms with Gasteiger partial charge in [-0.2, -0.15) is 0 Å². The zero-order valence-corrected chi connectivity index (χ0v) is 19.9. The van der Waals surface area contributed by atoms with Crippen LogP contribution in [0.1, 0.15) is 21.5 Å². The van der Waals surface area contributed by atoms with Gasteiger partial charge in [-0.1, -0.05) is 35.3 Å². The van der Waals surface area contributed by atoms with Crippen LogP contribution in [0.2, 0.25) is 0 Å². The number of rotatable bonds is 6. The van der Waals surface area contributed by atoms with Gasteiger partial charge in [0.1, 0.15) is 13.6 Å². The van der Waals surface area contributed by atoms with E-state index in [0.29, 0.717) is 22.6 Å². The summed E-state index contributed by atoms with van der Waals surface area (Å²) in [6, 6.07) is 16.2. The van der Waals surface area contributed by atoms with Gasteiger partial charge in [0.15, 0.2) is 5.11 Å². The van der Waals surface area contributed by atoms with E-state index in [4.69, 9.17) is 24.8 Å². The molecule has 0 fully saturated rings. The number of methoxy groups -OCH3 is 1. The van der Waals surface area contributed by atoms with Crippen molar-refractivity contribution in [2.45, 2.75) is 18.7 Å². The third kappa shape index (κ3) is 6.12. The van der Waals surface area contributed by atoms with Crippen molar-refractivity contribution in [1.29, 1.82) is 0 Å². The molecule has 0 saturated heterocycles. The lowest BCUT2D eigenvalue weighted by atomic mass is 9.94. The molecule has 3 aromatic carbocycles. The van der Waals surface area contributed by atoms with Gasteiger partial charge in [0.25, 0.3) is 15.9 Å². The molecular formula is C23H22BN3O4S2. The molecule has 168 valence electrons. The molecule has 0 atom stereocenters. The maximum atomic E-state index is 12.7. The Morgan fingerprint density at radius 1 is 1.00 bits per heavy atom. The molecule has 0 bridgehead atoms. The molecule has 10 heteroatoms. The highest BCUT2D eigenvalue weighted by Gasteiger charge is 2.16. The number of sulfonamides is 1. The molecule has 0 aliphatic rings. The van der Waals surface area contributed by atoms with Gasteiger partial charge in [0.05, 0.1) is 23.3 Å². The summed E-state index contributed by atoms with van der Waals surface area (Å²) in [6.45, 7) is 3.78. The molecule has 0 heterocycles. The second kappa shape index (κ2) is 10.1. The topological polar surface area (TPSA) is 96.5 Å². The van der Waals surface area contributed by atoms with E-state index in [1.165, 1.54) is 25.3 Å². The highest BCUT2D eigenvalue weighted by molar-refractivity contribution is 7.92. The molecule has 0 spiro atoms. The molecule has 33 heavy (non-hydrogen) atoms. The van der Waals surface area contributed by atoms with Gasteiger partial charge in [0, 0.05) is 5.69 Å². The monoisotopic (exact) mass is 479 g/mol. The smallest absolute Gasteiger partial charge is 0.261 e. The molecule has 2 radical (unpaired) electrons. The normalized spacial score (nSPS) is 10.9. The summed E-state index contributed by atoms with van der Waals surface area (Å²) in [6.07, 6.45) is 0. The minimum Gasteiger partial charge on any atom is -0.496 e. The molecule has 3 N–H and O–H groups in total. The van der Waals surface area contributed by atoms with Crippen LogP contribution in [0.4, 0.5) is 11.4 Å². The van der Waals surface area contributed by atoms with Crippen molar-refractivity contribution in [3.8, 4) is 5.75 Å². The van der Waals surface area contributed by atoms with E-state index in [2.05, 4.69) is 15.4 Å². The van der Waals surface area contributed by atoms with Crippen LogP contribution in [0.5, 0.6) is 5.75 Å². The van der Waals surface area contributed by atoms with Crippen LogP contribution in [-0.4, -0.2) is 34.4 Å². The van der Waals surface area contributed by atoms with Gasteiger partial charge in [-0.15, -0.1) is 0 Å². The third-order valence-corrected chi connectivity index (χ3v) is 6.33. The highest BCUT2D eigenvalue weighted by atomic mass is 32.2. The fourth-order valence-electron chi connectivity index (χ4n) is 3.09. The van der Waals surface area contributed by atoms with Crippen LogP contribution in [0.25, 0.3) is 0 Å². The fraction of sp³-hybridized carbons (Fsp3) is 0.130. The number of ether oxygens (including phenoxy) is 1. The van der Waals surface area contributed by atoms with E-state index in [1.807, 2.05) is 26.0 Å². The highest BCUT2D eigenvalue weighted by Crippen LogP contribution is 2.22. The molecule has 0 aliphatic carbocycles. The number of hydrogen-bond acceptors (Lipinski definition) is 5. The SMILES string of the molecule is [B]c1ccc(OC)c(C(=O)NC(=S)Nc2ccc(S(=O)(=O)Nc3ccc(C)cc3C)cc2)c1. The van der Waals surface area contributed by atoms with Crippen LogP contribution >= 0.6 is 12.2 Å². The third-order valence-electron chi connectivity index (χ3n) is 4.74. The van der Waals surface area contributed by atoms with Crippen LogP contribution in [0.3, 0.4) is 0 Å². The number of anilines is 2. The summed E-state index contributed by atoms with van der Waals surface area (Å²) in [4.78, 5) is 12.6. The Morgan fingerprint density at radius 3 is 2.33 bits per heavy atom. The van der Waals surface area contributed by atoms with Crippen LogP contribution in [-0.2, 0) is 10.0 Å². The summed E-state index contributed by atoms with van der Waals surface area (Å²) >= 11 is 5.20. The van der Waals surface area contributed by atoms with Gasteiger partial charge >= 0.3 is 0 Å². The van der Waals surface area contributed by atoms with Gasteiger partial charge < -0.3 is 10.1 Å². The maximum absolute atomic E-state index is 12.7. The zero-order valence-electron chi connectivity index (χ0n) is 18.3. The fourth-order valence-corrected chi connectivity index (χ4v) is 4.43. The van der Waals surface area contributed by atoms with Crippen molar-refractivity contribution in [3.05, 3.63) is 77.4 Å². The second-order valence-electron chi connectivity index (χ2n) is 7.32. The summed E-state index contributed by atoms with van der Waals surface area (Å²) in [5.41, 5.74) is 3.54. The van der Waals surface area contributed by atoms with Crippen molar-refractivity contribution in [2.75, 3.05) is 17.1 Å². The first-order valence-electron chi connectivity index (χ1n) is 9.85. The number of nitrogens with one attached hydrogen (secondary N) is 3. The summed E-state index contributed by atoms with van der Waals surface area (Å²) in [5, 5.41) is 5.44. The van der Waals surface area contributed by atoms with Gasteiger partial charge in [-0.3, -0.25) is 14.8 Å². The van der Waals surface area contributed by atoms with E-state index >= 15 is 0 Å². The predicted octanol–water partition coefficient (Wildman–Crippen LogP) is 3.03. The Morgan fingerprint density at radius 2 is 1.70 bits per heavy atom. The lowest BCUT2D eigenvalue weighted by molar-refractivity contribution is 0.0975. The van der Waals surface area contributed by atoms with E-state index < -0.39 is 15.9 Å². The van der Waals surface area contributed by atoms with Crippen molar-refractivity contribution < 1.29 is 17.9 Å². The molecule has 0 aromatic heterocycles. The van der Waals surface area contributed by atoms with Gasteiger partial charge in [-0.25, -0.2) is 8.42 Å². The number of thiocarbonyl (C=S) groups is 1. The van der Waals surface area contributed by atoms with Crippen LogP contribution in [0, 0.1) is 13.8 Å². The first-order chi connectivity index (χ1) is 15.6. The Kier molecular flexibility index (Phi) is 7.40. The molecule has 0 aliphatic heterocycles. The van der Waals surface area contributed by atoms with Crippen molar-refractivity contribution in [3.63, 3.8) is 0 Å². The summed E-state index contributed by atoms with van der Waals surface area (Å²) < 4.78 is 33.2. The molecule has 1 amide bonds. The average molecular weight is 479 g/mol. The Hall–Kier alpha value is -3.37. The Balaban J connectivity index is 1.67. The maximum Gasteiger partial charge on any atom is 0.261 e. The number of benzene rings is 3. The van der Waals surface area contributed by atoms with Gasteiger partial charge in [-0.05, 0) is 68.0 Å². The quantitative estimate of drug-likeness (QED) is 0.372. The number of aryl methyl sites for hydroxylation is 2. The molecule has 7 nitrogen and oxygen atoms in total. The minimum absolute atomic E-state index is 0.0356. The molecule has 0 unspecified atom stereocenters. The number of amides is 1. The van der Waals surface area contributed by atoms with Crippen LogP contribution < -0.4 is 25.6 Å². The van der Waals surface area contributed by atoms with E-state index in [9.17, 15) is 13.2 Å². The van der Waals surface area contributed by atoms with E-state index in [0.717, 1.165) is 11.1 Å². The molecular weight excluding hydrogens is 457 g/mol. The Bertz CT molecular complexity index is 1310. The number of hydrogen-bond donors (Lipinski definition) is 3. The van der Waals surface area contributed by atoms with Crippen molar-refractivity contribution in [1.82, 2.24) is 5.32 Å². The largest absolute Gasteiger partial charge is 0.496 e. The Labute approximate surface area is 200 Å². The lowest BCUT2D eigenvalue weighted by Crippen LogP contribution is -2.34. The molecule has 3 aromatic rings. The zero-order chi connectivity index (χ0) is 24.2. The summed E-state index contributed by atoms with van der Waals surface area (Å²) in [5.74, 6) is -0.135. The predicted molar refractivity (Wildman–Crippen MR) is 135 cm³/mol. The van der Waals surface area contributed by atoms with E-state index in [-0.39, 0.29) is 15.6 Å². The number of carbonyl (C=O) groups is 1. The first-order valence-corrected chi connectivity index (χ1v) is 11.7.